The molecule has 23 heavy (non-hydrogen) atoms. The molecule has 1 aromatic carbocycles. The largest absolute Gasteiger partial charge is 0.504 e. The molecule has 3 rings (SSSR count). The Morgan fingerprint density at radius 1 is 1.22 bits per heavy atom. The van der Waals surface area contributed by atoms with Gasteiger partial charge in [0.1, 0.15) is 0 Å². The van der Waals surface area contributed by atoms with Crippen LogP contribution in [0.2, 0.25) is 0 Å². The zero-order valence-electron chi connectivity index (χ0n) is 14.3. The number of phenols is 1. The lowest BCUT2D eigenvalue weighted by Gasteiger charge is -2.41. The fraction of sp³-hybridized carbons (Fsp3) is 0.684. The van der Waals surface area contributed by atoms with E-state index in [0.717, 1.165) is 31.7 Å². The molecule has 0 aromatic heterocycles. The van der Waals surface area contributed by atoms with Gasteiger partial charge in [0.2, 0.25) is 0 Å². The van der Waals surface area contributed by atoms with Gasteiger partial charge in [-0.15, -0.1) is 0 Å². The van der Waals surface area contributed by atoms with Gasteiger partial charge in [-0.1, -0.05) is 31.4 Å². The van der Waals surface area contributed by atoms with Crippen LogP contribution < -0.4 is 10.1 Å². The van der Waals surface area contributed by atoms with Gasteiger partial charge in [0.05, 0.1) is 6.61 Å². The molecule has 128 valence electrons. The van der Waals surface area contributed by atoms with Crippen LogP contribution in [0, 0.1) is 5.92 Å². The smallest absolute Gasteiger partial charge is 0.162 e. The molecule has 2 N–H and O–H groups in total. The average molecular weight is 318 g/mol. The summed E-state index contributed by atoms with van der Waals surface area (Å²) in [5.74, 6) is 1.62. The minimum atomic E-state index is 0.317. The maximum Gasteiger partial charge on any atom is 0.162 e. The third-order valence-corrected chi connectivity index (χ3v) is 5.29. The highest BCUT2D eigenvalue weighted by molar-refractivity contribution is 5.47. The Hall–Kier alpha value is -1.26. The van der Waals surface area contributed by atoms with Crippen LogP contribution >= 0.6 is 0 Å². The number of nitrogens with one attached hydrogen (secondary N) is 1. The third-order valence-electron chi connectivity index (χ3n) is 5.29. The molecule has 2 aliphatic rings. The Morgan fingerprint density at radius 2 is 1.96 bits per heavy atom. The molecule has 1 aliphatic carbocycles. The SMILES string of the molecule is CCOc1cccc([C@@H](C2CCCCC2)N2CCNCC2)c1O. The summed E-state index contributed by atoms with van der Waals surface area (Å²) in [6.07, 6.45) is 6.54. The number of hydrogen-bond acceptors (Lipinski definition) is 4. The molecule has 1 aliphatic heterocycles. The molecule has 1 atom stereocenters. The first kappa shape index (κ1) is 16.6. The molecule has 0 radical (unpaired) electrons. The van der Waals surface area contributed by atoms with Gasteiger partial charge in [0.15, 0.2) is 11.5 Å². The zero-order chi connectivity index (χ0) is 16.1. The van der Waals surface area contributed by atoms with E-state index in [1.54, 1.807) is 0 Å². The number of hydrogen-bond donors (Lipinski definition) is 2. The van der Waals surface area contributed by atoms with E-state index in [1.807, 2.05) is 19.1 Å². The first-order chi connectivity index (χ1) is 11.3. The first-order valence-corrected chi connectivity index (χ1v) is 9.20. The van der Waals surface area contributed by atoms with Crippen LogP contribution in [0.5, 0.6) is 11.5 Å². The lowest BCUT2D eigenvalue weighted by molar-refractivity contribution is 0.101. The maximum atomic E-state index is 10.8. The predicted octanol–water partition coefficient (Wildman–Crippen LogP) is 3.32. The minimum Gasteiger partial charge on any atom is -0.504 e. The quantitative estimate of drug-likeness (QED) is 0.874. The number of aromatic hydroxyl groups is 1. The predicted molar refractivity (Wildman–Crippen MR) is 93.0 cm³/mol. The van der Waals surface area contributed by atoms with Crippen molar-refractivity contribution in [1.29, 1.82) is 0 Å². The minimum absolute atomic E-state index is 0.317. The monoisotopic (exact) mass is 318 g/mol. The number of rotatable bonds is 5. The van der Waals surface area contributed by atoms with Gasteiger partial charge in [-0.05, 0) is 31.7 Å². The average Bonchev–Trinajstić information content (AvgIpc) is 2.60. The van der Waals surface area contributed by atoms with E-state index in [4.69, 9.17) is 4.74 Å². The van der Waals surface area contributed by atoms with Gasteiger partial charge in [0.25, 0.3) is 0 Å². The third kappa shape index (κ3) is 3.81. The second-order valence-corrected chi connectivity index (χ2v) is 6.76. The zero-order valence-corrected chi connectivity index (χ0v) is 14.3. The molecular formula is C19H30N2O2. The molecule has 0 unspecified atom stereocenters. The summed E-state index contributed by atoms with van der Waals surface area (Å²) in [4.78, 5) is 2.57. The summed E-state index contributed by atoms with van der Waals surface area (Å²) in [7, 11) is 0. The Morgan fingerprint density at radius 3 is 2.65 bits per heavy atom. The highest BCUT2D eigenvalue weighted by Crippen LogP contribution is 2.44. The summed E-state index contributed by atoms with van der Waals surface area (Å²) < 4.78 is 5.62. The van der Waals surface area contributed by atoms with Gasteiger partial charge in [-0.3, -0.25) is 4.90 Å². The van der Waals surface area contributed by atoms with E-state index in [2.05, 4.69) is 16.3 Å². The molecule has 4 nitrogen and oxygen atoms in total. The van der Waals surface area contributed by atoms with E-state index in [9.17, 15) is 5.11 Å². The van der Waals surface area contributed by atoms with Crippen LogP contribution in [0.15, 0.2) is 18.2 Å². The second-order valence-electron chi connectivity index (χ2n) is 6.76. The number of piperazine rings is 1. The van der Waals surface area contributed by atoms with Crippen molar-refractivity contribution in [3.05, 3.63) is 23.8 Å². The van der Waals surface area contributed by atoms with Crippen LogP contribution in [-0.2, 0) is 0 Å². The number of para-hydroxylation sites is 1. The lowest BCUT2D eigenvalue weighted by Crippen LogP contribution is -2.47. The van der Waals surface area contributed by atoms with Crippen molar-refractivity contribution in [2.45, 2.75) is 45.1 Å². The normalized spacial score (nSPS) is 22.0. The highest BCUT2D eigenvalue weighted by atomic mass is 16.5. The van der Waals surface area contributed by atoms with Crippen molar-refractivity contribution >= 4 is 0 Å². The van der Waals surface area contributed by atoms with E-state index in [1.165, 1.54) is 32.1 Å². The van der Waals surface area contributed by atoms with Crippen molar-refractivity contribution < 1.29 is 9.84 Å². The van der Waals surface area contributed by atoms with Crippen LogP contribution in [0.4, 0.5) is 0 Å². The molecule has 1 heterocycles. The molecule has 0 spiro atoms. The van der Waals surface area contributed by atoms with Crippen molar-refractivity contribution in [2.75, 3.05) is 32.8 Å². The van der Waals surface area contributed by atoms with Crippen molar-refractivity contribution in [3.63, 3.8) is 0 Å². The molecular weight excluding hydrogens is 288 g/mol. The molecule has 1 saturated heterocycles. The summed E-state index contributed by atoms with van der Waals surface area (Å²) in [6.45, 7) is 6.73. The van der Waals surface area contributed by atoms with E-state index >= 15 is 0 Å². The van der Waals surface area contributed by atoms with Gasteiger partial charge >= 0.3 is 0 Å². The van der Waals surface area contributed by atoms with Gasteiger partial charge in [-0.2, -0.15) is 0 Å². The van der Waals surface area contributed by atoms with Crippen LogP contribution in [-0.4, -0.2) is 42.8 Å². The lowest BCUT2D eigenvalue weighted by atomic mass is 9.80. The topological polar surface area (TPSA) is 44.7 Å². The standard InChI is InChI=1S/C19H30N2O2/c1-2-23-17-10-6-9-16(19(17)22)18(15-7-4-3-5-8-15)21-13-11-20-12-14-21/h6,9-10,15,18,20,22H,2-5,7-8,11-14H2,1H3/t18-/m1/s1. The number of benzene rings is 1. The summed E-state index contributed by atoms with van der Waals surface area (Å²) in [6, 6.07) is 6.31. The fourth-order valence-corrected chi connectivity index (χ4v) is 4.21. The second kappa shape index (κ2) is 8.02. The Bertz CT molecular complexity index is 476. The van der Waals surface area contributed by atoms with Gasteiger partial charge < -0.3 is 15.2 Å². The molecule has 0 bridgehead atoms. The van der Waals surface area contributed by atoms with Crippen molar-refractivity contribution in [3.8, 4) is 11.5 Å². The molecule has 2 fully saturated rings. The summed E-state index contributed by atoms with van der Waals surface area (Å²) in [5, 5.41) is 14.2. The highest BCUT2D eigenvalue weighted by Gasteiger charge is 2.33. The van der Waals surface area contributed by atoms with Crippen LogP contribution in [0.3, 0.4) is 0 Å². The Balaban J connectivity index is 1.91. The van der Waals surface area contributed by atoms with Crippen LogP contribution in [0.25, 0.3) is 0 Å². The summed E-state index contributed by atoms with van der Waals surface area (Å²) in [5.41, 5.74) is 1.06. The Labute approximate surface area is 139 Å². The van der Waals surface area contributed by atoms with Crippen LogP contribution in [0.1, 0.15) is 50.6 Å². The number of phenolic OH excluding ortho intramolecular Hbond substituents is 1. The van der Waals surface area contributed by atoms with Gasteiger partial charge in [0, 0.05) is 37.8 Å². The first-order valence-electron chi connectivity index (χ1n) is 9.20. The molecule has 1 saturated carbocycles. The molecule has 4 heteroatoms. The Kier molecular flexibility index (Phi) is 5.79. The van der Waals surface area contributed by atoms with E-state index < -0.39 is 0 Å². The van der Waals surface area contributed by atoms with Crippen molar-refractivity contribution in [1.82, 2.24) is 10.2 Å². The molecule has 0 amide bonds. The van der Waals surface area contributed by atoms with Crippen molar-refractivity contribution in [2.24, 2.45) is 5.92 Å². The number of ether oxygens (including phenoxy) is 1. The molecule has 1 aromatic rings. The maximum absolute atomic E-state index is 10.8. The fourth-order valence-electron chi connectivity index (χ4n) is 4.21. The number of nitrogens with zero attached hydrogens (tertiary/aromatic N) is 1. The van der Waals surface area contributed by atoms with E-state index in [0.29, 0.717) is 30.1 Å². The van der Waals surface area contributed by atoms with Gasteiger partial charge in [-0.25, -0.2) is 0 Å². The van der Waals surface area contributed by atoms with E-state index in [-0.39, 0.29) is 0 Å². The summed E-state index contributed by atoms with van der Waals surface area (Å²) >= 11 is 0.